The van der Waals surface area contributed by atoms with Crippen molar-refractivity contribution in [1.29, 1.82) is 0 Å². The second-order valence-corrected chi connectivity index (χ2v) is 6.19. The van der Waals surface area contributed by atoms with Gasteiger partial charge in [-0.3, -0.25) is 4.79 Å². The normalized spacial score (nSPS) is 12.2. The molecule has 0 fully saturated rings. The van der Waals surface area contributed by atoms with Gasteiger partial charge in [0.15, 0.2) is 0 Å². The Morgan fingerprint density at radius 3 is 2.62 bits per heavy atom. The third-order valence-corrected chi connectivity index (χ3v) is 4.66. The summed E-state index contributed by atoms with van der Waals surface area (Å²) >= 11 is 1.63. The van der Waals surface area contributed by atoms with Gasteiger partial charge in [-0.2, -0.15) is 0 Å². The quantitative estimate of drug-likeness (QED) is 0.892. The topological polar surface area (TPSA) is 68.0 Å². The van der Waals surface area contributed by atoms with Crippen LogP contribution < -0.4 is 11.1 Å². The molecule has 0 aliphatic carbocycles. The molecule has 0 bridgehead atoms. The third-order valence-electron chi connectivity index (χ3n) is 3.27. The molecule has 0 aliphatic heterocycles. The van der Waals surface area contributed by atoms with E-state index < -0.39 is 0 Å². The number of carbonyl (C=O) groups excluding carboxylic acids is 1. The van der Waals surface area contributed by atoms with E-state index in [9.17, 15) is 4.79 Å². The molecule has 112 valence electrons. The molecule has 1 aromatic heterocycles. The average molecular weight is 303 g/mol. The van der Waals surface area contributed by atoms with Crippen molar-refractivity contribution in [2.45, 2.75) is 33.2 Å². The Labute approximate surface area is 129 Å². The number of benzene rings is 1. The summed E-state index contributed by atoms with van der Waals surface area (Å²) < 4.78 is 0. The number of thiazole rings is 1. The first-order chi connectivity index (χ1) is 10.0. The smallest absolute Gasteiger partial charge is 0.221 e. The van der Waals surface area contributed by atoms with Gasteiger partial charge >= 0.3 is 0 Å². The van der Waals surface area contributed by atoms with E-state index in [1.807, 2.05) is 13.8 Å². The van der Waals surface area contributed by atoms with Crippen LogP contribution in [0.15, 0.2) is 24.3 Å². The van der Waals surface area contributed by atoms with E-state index in [2.05, 4.69) is 41.5 Å². The lowest BCUT2D eigenvalue weighted by Gasteiger charge is -2.12. The highest BCUT2D eigenvalue weighted by molar-refractivity contribution is 7.15. The first-order valence-electron chi connectivity index (χ1n) is 7.05. The molecule has 0 saturated heterocycles. The van der Waals surface area contributed by atoms with Crippen molar-refractivity contribution in [2.75, 3.05) is 6.54 Å². The molecule has 1 aromatic carbocycles. The summed E-state index contributed by atoms with van der Waals surface area (Å²) in [6.45, 7) is 6.40. The highest BCUT2D eigenvalue weighted by Gasteiger charge is 2.16. The van der Waals surface area contributed by atoms with Crippen LogP contribution in [0.4, 0.5) is 0 Å². The van der Waals surface area contributed by atoms with Crippen LogP contribution >= 0.6 is 11.3 Å². The lowest BCUT2D eigenvalue weighted by atomic mass is 10.2. The van der Waals surface area contributed by atoms with E-state index in [4.69, 9.17) is 5.73 Å². The zero-order valence-electron chi connectivity index (χ0n) is 12.6. The summed E-state index contributed by atoms with van der Waals surface area (Å²) in [6.07, 6.45) is 0.354. The van der Waals surface area contributed by atoms with Gasteiger partial charge in [-0.15, -0.1) is 11.3 Å². The van der Waals surface area contributed by atoms with Crippen LogP contribution in [-0.4, -0.2) is 17.4 Å². The number of hydrogen-bond acceptors (Lipinski definition) is 4. The number of amides is 1. The predicted molar refractivity (Wildman–Crippen MR) is 87.3 cm³/mol. The molecule has 3 N–H and O–H groups in total. The molecule has 2 aromatic rings. The second-order valence-electron chi connectivity index (χ2n) is 5.16. The molecule has 1 unspecified atom stereocenters. The summed E-state index contributed by atoms with van der Waals surface area (Å²) in [5.74, 6) is -0.0188. The predicted octanol–water partition coefficient (Wildman–Crippen LogP) is 2.95. The number of aromatic nitrogens is 1. The maximum absolute atomic E-state index is 11.6. The Balaban J connectivity index is 2.18. The first kappa shape index (κ1) is 15.7. The van der Waals surface area contributed by atoms with E-state index in [1.54, 1.807) is 11.3 Å². The fourth-order valence-electron chi connectivity index (χ4n) is 2.14. The number of rotatable bonds is 5. The van der Waals surface area contributed by atoms with E-state index in [-0.39, 0.29) is 11.9 Å². The van der Waals surface area contributed by atoms with Crippen molar-refractivity contribution in [2.24, 2.45) is 5.73 Å². The SMILES string of the molecule is Cc1ccc(-c2nc(C)c(C(C)NC(=O)CCN)s2)cc1. The lowest BCUT2D eigenvalue weighted by Crippen LogP contribution is -2.28. The molecule has 4 nitrogen and oxygen atoms in total. The van der Waals surface area contributed by atoms with E-state index in [0.717, 1.165) is 21.1 Å². The van der Waals surface area contributed by atoms with Crippen LogP contribution in [0.1, 0.15) is 35.5 Å². The first-order valence-corrected chi connectivity index (χ1v) is 7.86. The van der Waals surface area contributed by atoms with Gasteiger partial charge in [0.25, 0.3) is 0 Å². The number of carbonyl (C=O) groups is 1. The molecule has 2 rings (SSSR count). The number of aryl methyl sites for hydroxylation is 2. The zero-order valence-corrected chi connectivity index (χ0v) is 13.5. The van der Waals surface area contributed by atoms with Crippen LogP contribution in [0.3, 0.4) is 0 Å². The highest BCUT2D eigenvalue weighted by Crippen LogP contribution is 2.31. The van der Waals surface area contributed by atoms with Crippen molar-refractivity contribution >= 4 is 17.2 Å². The van der Waals surface area contributed by atoms with E-state index in [0.29, 0.717) is 13.0 Å². The number of nitrogens with two attached hydrogens (primary N) is 1. The van der Waals surface area contributed by atoms with Gasteiger partial charge in [-0.05, 0) is 20.8 Å². The molecular weight excluding hydrogens is 282 g/mol. The van der Waals surface area contributed by atoms with Gasteiger partial charge in [0, 0.05) is 18.5 Å². The summed E-state index contributed by atoms with van der Waals surface area (Å²) in [4.78, 5) is 17.4. The van der Waals surface area contributed by atoms with Crippen molar-refractivity contribution in [1.82, 2.24) is 10.3 Å². The van der Waals surface area contributed by atoms with E-state index >= 15 is 0 Å². The third kappa shape index (κ3) is 3.89. The molecule has 5 heteroatoms. The molecule has 21 heavy (non-hydrogen) atoms. The Kier molecular flexibility index (Phi) is 5.09. The van der Waals surface area contributed by atoms with Crippen molar-refractivity contribution in [3.8, 4) is 10.6 Å². The van der Waals surface area contributed by atoms with Crippen LogP contribution in [0, 0.1) is 13.8 Å². The Morgan fingerprint density at radius 2 is 2.00 bits per heavy atom. The Morgan fingerprint density at radius 1 is 1.33 bits per heavy atom. The average Bonchev–Trinajstić information content (AvgIpc) is 2.82. The zero-order chi connectivity index (χ0) is 15.4. The van der Waals surface area contributed by atoms with Crippen LogP contribution in [-0.2, 0) is 4.79 Å². The minimum atomic E-state index is -0.0410. The number of hydrogen-bond donors (Lipinski definition) is 2. The van der Waals surface area contributed by atoms with Crippen LogP contribution in [0.2, 0.25) is 0 Å². The number of nitrogens with zero attached hydrogens (tertiary/aromatic N) is 1. The fourth-order valence-corrected chi connectivity index (χ4v) is 3.21. The minimum absolute atomic E-state index is 0.0188. The summed E-state index contributed by atoms with van der Waals surface area (Å²) in [5, 5.41) is 3.95. The maximum Gasteiger partial charge on any atom is 0.221 e. The molecule has 1 atom stereocenters. The molecule has 0 aliphatic rings. The number of nitrogens with one attached hydrogen (secondary N) is 1. The van der Waals surface area contributed by atoms with Gasteiger partial charge in [0.05, 0.1) is 16.6 Å². The summed E-state index contributed by atoms with van der Waals surface area (Å²) in [6, 6.07) is 8.28. The van der Waals surface area contributed by atoms with Gasteiger partial charge in [0.2, 0.25) is 5.91 Å². The standard InChI is InChI=1S/C16H21N3OS/c1-10-4-6-13(7-5-10)16-19-12(3)15(21-16)11(2)18-14(20)8-9-17/h4-7,11H,8-9,17H2,1-3H3,(H,18,20). The van der Waals surface area contributed by atoms with E-state index in [1.165, 1.54) is 5.56 Å². The monoisotopic (exact) mass is 303 g/mol. The molecule has 0 saturated carbocycles. The minimum Gasteiger partial charge on any atom is -0.349 e. The van der Waals surface area contributed by atoms with Crippen LogP contribution in [0.25, 0.3) is 10.6 Å². The van der Waals surface area contributed by atoms with Crippen LogP contribution in [0.5, 0.6) is 0 Å². The Bertz CT molecular complexity index is 619. The maximum atomic E-state index is 11.6. The second kappa shape index (κ2) is 6.83. The lowest BCUT2D eigenvalue weighted by molar-refractivity contribution is -0.121. The largest absolute Gasteiger partial charge is 0.349 e. The van der Waals surface area contributed by atoms with Gasteiger partial charge in [-0.1, -0.05) is 29.8 Å². The summed E-state index contributed by atoms with van der Waals surface area (Å²) in [7, 11) is 0. The fraction of sp³-hybridized carbons (Fsp3) is 0.375. The molecule has 1 heterocycles. The Hall–Kier alpha value is -1.72. The van der Waals surface area contributed by atoms with Crippen molar-refractivity contribution in [3.05, 3.63) is 40.4 Å². The summed E-state index contributed by atoms with van der Waals surface area (Å²) in [5.41, 5.74) is 8.71. The molecule has 0 radical (unpaired) electrons. The highest BCUT2D eigenvalue weighted by atomic mass is 32.1. The molecular formula is C16H21N3OS. The van der Waals surface area contributed by atoms with Crippen molar-refractivity contribution < 1.29 is 4.79 Å². The van der Waals surface area contributed by atoms with Gasteiger partial charge in [-0.25, -0.2) is 4.98 Å². The molecule has 1 amide bonds. The van der Waals surface area contributed by atoms with Gasteiger partial charge in [0.1, 0.15) is 5.01 Å². The van der Waals surface area contributed by atoms with Gasteiger partial charge < -0.3 is 11.1 Å². The van der Waals surface area contributed by atoms with Crippen molar-refractivity contribution in [3.63, 3.8) is 0 Å². The molecule has 0 spiro atoms.